The average Bonchev–Trinajstić information content (AvgIpc) is 2.33. The number of nitrogens with one attached hydrogen (secondary N) is 1. The van der Waals surface area contributed by atoms with Gasteiger partial charge in [0, 0.05) is 0 Å². The monoisotopic (exact) mass is 427 g/mol. The molecule has 2 aromatic rings. The minimum atomic E-state index is -3.85. The molecule has 0 bridgehead atoms. The van der Waals surface area contributed by atoms with Crippen LogP contribution in [0.4, 0.5) is 5.82 Å². The number of anilines is 1. The molecule has 1 N–H and O–H groups in total. The van der Waals surface area contributed by atoms with Crippen molar-refractivity contribution in [2.75, 3.05) is 4.72 Å². The largest absolute Gasteiger partial charge is 0.266 e. The third-order valence-corrected chi connectivity index (χ3v) is 4.26. The predicted octanol–water partition coefficient (Wildman–Crippen LogP) is 2.25. The molecule has 7 nitrogen and oxygen atoms in total. The number of hydrogen-bond acceptors (Lipinski definition) is 6. The zero-order valence-electron chi connectivity index (χ0n) is 8.88. The molecule has 100 valence electrons. The van der Waals surface area contributed by atoms with Gasteiger partial charge in [0.25, 0.3) is 10.0 Å². The lowest BCUT2D eigenvalue weighted by atomic mass is 10.7. The van der Waals surface area contributed by atoms with Gasteiger partial charge in [-0.3, -0.25) is 4.72 Å². The van der Waals surface area contributed by atoms with Gasteiger partial charge in [0.2, 0.25) is 5.28 Å². The molecule has 2 heterocycles. The zero-order valence-corrected chi connectivity index (χ0v) is 13.6. The van der Waals surface area contributed by atoms with Crippen LogP contribution in [0.2, 0.25) is 5.28 Å². The molecule has 2 aromatic heterocycles. The van der Waals surface area contributed by atoms with Crippen molar-refractivity contribution in [1.29, 1.82) is 0 Å². The van der Waals surface area contributed by atoms with Crippen molar-refractivity contribution in [3.05, 3.63) is 33.1 Å². The van der Waals surface area contributed by atoms with Crippen molar-refractivity contribution >= 4 is 59.3 Å². The maximum absolute atomic E-state index is 12.0. The van der Waals surface area contributed by atoms with Crippen molar-refractivity contribution in [2.24, 2.45) is 0 Å². The van der Waals surface area contributed by atoms with E-state index in [9.17, 15) is 8.42 Å². The molecular weight excluding hydrogens is 425 g/mol. The third-order valence-electron chi connectivity index (χ3n) is 1.84. The van der Waals surface area contributed by atoms with Crippen molar-refractivity contribution in [2.45, 2.75) is 4.90 Å². The molecule has 0 amide bonds. The summed E-state index contributed by atoms with van der Waals surface area (Å²) in [6.07, 6.45) is 3.55. The molecule has 19 heavy (non-hydrogen) atoms. The van der Waals surface area contributed by atoms with Crippen molar-refractivity contribution in [1.82, 2.24) is 19.9 Å². The van der Waals surface area contributed by atoms with Crippen LogP contribution in [0.1, 0.15) is 0 Å². The van der Waals surface area contributed by atoms with E-state index in [4.69, 9.17) is 11.6 Å². The highest BCUT2D eigenvalue weighted by Crippen LogP contribution is 2.22. The number of halogens is 3. The summed E-state index contributed by atoms with van der Waals surface area (Å²) in [6.45, 7) is 0. The summed E-state index contributed by atoms with van der Waals surface area (Å²) >= 11 is 11.7. The standard InChI is InChI=1S/C8H4Br2ClN5O2S/c9-5-3-12-7(6(10)15-5)16-19(17,18)4-1-13-8(11)14-2-4/h1-3H,(H,12,16). The second kappa shape index (κ2) is 5.65. The average molecular weight is 429 g/mol. The number of rotatable bonds is 3. The molecule has 0 aliphatic rings. The van der Waals surface area contributed by atoms with Gasteiger partial charge in [-0.25, -0.2) is 28.4 Å². The topological polar surface area (TPSA) is 97.7 Å². The fraction of sp³-hybridized carbons (Fsp3) is 0. The van der Waals surface area contributed by atoms with E-state index in [1.54, 1.807) is 0 Å². The fourth-order valence-corrected chi connectivity index (χ4v) is 3.08. The Morgan fingerprint density at radius 3 is 2.32 bits per heavy atom. The van der Waals surface area contributed by atoms with Gasteiger partial charge < -0.3 is 0 Å². The van der Waals surface area contributed by atoms with E-state index in [0.29, 0.717) is 4.60 Å². The van der Waals surface area contributed by atoms with Crippen molar-refractivity contribution in [3.63, 3.8) is 0 Å². The maximum atomic E-state index is 12.0. The number of hydrogen-bond donors (Lipinski definition) is 1. The smallest absolute Gasteiger partial charge is 0.261 e. The quantitative estimate of drug-likeness (QED) is 0.752. The third kappa shape index (κ3) is 3.59. The van der Waals surface area contributed by atoms with Crippen LogP contribution in [0.3, 0.4) is 0 Å². The van der Waals surface area contributed by atoms with E-state index in [-0.39, 0.29) is 20.6 Å². The molecule has 2 rings (SSSR count). The van der Waals surface area contributed by atoms with E-state index in [2.05, 4.69) is 56.5 Å². The normalized spacial score (nSPS) is 11.3. The van der Waals surface area contributed by atoms with E-state index in [1.165, 1.54) is 6.20 Å². The molecule has 0 atom stereocenters. The molecular formula is C8H4Br2ClN5O2S. The minimum absolute atomic E-state index is 0.0384. The Kier molecular flexibility index (Phi) is 4.33. The van der Waals surface area contributed by atoms with E-state index in [0.717, 1.165) is 12.4 Å². The first-order valence-electron chi connectivity index (χ1n) is 4.57. The first-order valence-corrected chi connectivity index (χ1v) is 8.01. The summed E-state index contributed by atoms with van der Waals surface area (Å²) in [5, 5.41) is -0.0384. The summed E-state index contributed by atoms with van der Waals surface area (Å²) in [5.41, 5.74) is 0. The van der Waals surface area contributed by atoms with Crippen LogP contribution in [0.15, 0.2) is 32.7 Å². The molecule has 0 saturated heterocycles. The van der Waals surface area contributed by atoms with Gasteiger partial charge in [-0.2, -0.15) is 0 Å². The van der Waals surface area contributed by atoms with Crippen LogP contribution in [0, 0.1) is 0 Å². The van der Waals surface area contributed by atoms with Crippen molar-refractivity contribution < 1.29 is 8.42 Å². The van der Waals surface area contributed by atoms with Crippen LogP contribution in [-0.2, 0) is 10.0 Å². The van der Waals surface area contributed by atoms with Crippen LogP contribution in [0.25, 0.3) is 0 Å². The molecule has 0 unspecified atom stereocenters. The van der Waals surface area contributed by atoms with Gasteiger partial charge in [-0.1, -0.05) is 0 Å². The molecule has 11 heteroatoms. The SMILES string of the molecule is O=S(=O)(Nc1ncc(Br)nc1Br)c1cnc(Cl)nc1. The lowest BCUT2D eigenvalue weighted by molar-refractivity contribution is 0.600. The Bertz CT molecular complexity index is 710. The van der Waals surface area contributed by atoms with Crippen molar-refractivity contribution in [3.8, 4) is 0 Å². The Balaban J connectivity index is 2.33. The first-order chi connectivity index (χ1) is 8.88. The Labute approximate surface area is 130 Å². The zero-order chi connectivity index (χ0) is 14.0. The van der Waals surface area contributed by atoms with E-state index >= 15 is 0 Å². The van der Waals surface area contributed by atoms with Gasteiger partial charge in [0.15, 0.2) is 10.4 Å². The molecule has 0 aliphatic heterocycles. The van der Waals surface area contributed by atoms with Crippen LogP contribution in [-0.4, -0.2) is 28.4 Å². The van der Waals surface area contributed by atoms with Gasteiger partial charge in [0.1, 0.15) is 9.50 Å². The van der Waals surface area contributed by atoms with Gasteiger partial charge in [0.05, 0.1) is 18.6 Å². The Morgan fingerprint density at radius 1 is 1.11 bits per heavy atom. The highest BCUT2D eigenvalue weighted by molar-refractivity contribution is 9.11. The van der Waals surface area contributed by atoms with Gasteiger partial charge in [-0.15, -0.1) is 0 Å². The second-order valence-corrected chi connectivity index (χ2v) is 6.71. The van der Waals surface area contributed by atoms with Crippen LogP contribution in [0.5, 0.6) is 0 Å². The highest BCUT2D eigenvalue weighted by atomic mass is 79.9. The number of nitrogens with zero attached hydrogens (tertiary/aromatic N) is 4. The number of aromatic nitrogens is 4. The summed E-state index contributed by atoms with van der Waals surface area (Å²) in [4.78, 5) is 14.9. The number of sulfonamides is 1. The van der Waals surface area contributed by atoms with Crippen LogP contribution >= 0.6 is 43.5 Å². The summed E-state index contributed by atoms with van der Waals surface area (Å²) < 4.78 is 27.0. The van der Waals surface area contributed by atoms with Gasteiger partial charge >= 0.3 is 0 Å². The lowest BCUT2D eigenvalue weighted by Crippen LogP contribution is -2.15. The molecule has 0 spiro atoms. The molecule has 0 aromatic carbocycles. The fourth-order valence-electron chi connectivity index (χ4n) is 1.04. The summed E-state index contributed by atoms with van der Waals surface area (Å²) in [7, 11) is -3.85. The maximum Gasteiger partial charge on any atom is 0.266 e. The Hall–Kier alpha value is -0.840. The van der Waals surface area contributed by atoms with Crippen LogP contribution < -0.4 is 4.72 Å². The van der Waals surface area contributed by atoms with E-state index < -0.39 is 10.0 Å². The molecule has 0 saturated carbocycles. The highest BCUT2D eigenvalue weighted by Gasteiger charge is 2.18. The van der Waals surface area contributed by atoms with Gasteiger partial charge in [-0.05, 0) is 43.5 Å². The molecule has 0 aliphatic carbocycles. The summed E-state index contributed by atoms with van der Waals surface area (Å²) in [5.74, 6) is 0.0538. The molecule has 0 radical (unpaired) electrons. The molecule has 0 fully saturated rings. The summed E-state index contributed by atoms with van der Waals surface area (Å²) in [6, 6.07) is 0. The Morgan fingerprint density at radius 2 is 1.74 bits per heavy atom. The lowest BCUT2D eigenvalue weighted by Gasteiger charge is -2.07. The second-order valence-electron chi connectivity index (χ2n) is 3.13. The predicted molar refractivity (Wildman–Crippen MR) is 75.3 cm³/mol. The van der Waals surface area contributed by atoms with E-state index in [1.807, 2.05) is 0 Å². The first kappa shape index (κ1) is 14.6. The minimum Gasteiger partial charge on any atom is -0.261 e.